The second-order valence-electron chi connectivity index (χ2n) is 3.94. The van der Waals surface area contributed by atoms with Crippen molar-refractivity contribution in [2.24, 2.45) is 4.99 Å². The summed E-state index contributed by atoms with van der Waals surface area (Å²) in [6, 6.07) is 4.42. The monoisotopic (exact) mass is 286 g/mol. The predicted molar refractivity (Wildman–Crippen MR) is 61.4 cm³/mol. The Morgan fingerprint density at radius 2 is 2.10 bits per heavy atom. The van der Waals surface area contributed by atoms with Crippen molar-refractivity contribution in [3.63, 3.8) is 0 Å². The average molecular weight is 286 g/mol. The summed E-state index contributed by atoms with van der Waals surface area (Å²) in [6.45, 7) is 1.53. The smallest absolute Gasteiger partial charge is 0.435 e. The molecule has 1 aromatic heterocycles. The van der Waals surface area contributed by atoms with E-state index in [0.717, 1.165) is 16.7 Å². The number of carbonyl (C=O) groups is 1. The molecule has 5 nitrogen and oxygen atoms in total. The molecule has 0 aliphatic rings. The fourth-order valence-corrected chi connectivity index (χ4v) is 1.63. The number of carboxylic acid groups (broad SMARTS) is 1. The van der Waals surface area contributed by atoms with E-state index in [-0.39, 0.29) is 11.4 Å². The van der Waals surface area contributed by atoms with E-state index in [2.05, 4.69) is 4.99 Å². The number of amides is 1. The first-order valence-electron chi connectivity index (χ1n) is 5.42. The molecule has 1 amide bonds. The maximum Gasteiger partial charge on any atom is 0.435 e. The Morgan fingerprint density at radius 1 is 1.40 bits per heavy atom. The van der Waals surface area contributed by atoms with E-state index < -0.39 is 17.8 Å². The van der Waals surface area contributed by atoms with Gasteiger partial charge in [-0.2, -0.15) is 13.2 Å². The van der Waals surface area contributed by atoms with Crippen LogP contribution in [0.1, 0.15) is 11.3 Å². The van der Waals surface area contributed by atoms with Crippen molar-refractivity contribution >= 4 is 6.09 Å². The van der Waals surface area contributed by atoms with Gasteiger partial charge in [-0.05, 0) is 25.1 Å². The lowest BCUT2D eigenvalue weighted by Gasteiger charge is -2.08. The molecule has 106 valence electrons. The molecule has 1 N–H and O–H groups in total. The Hall–Kier alpha value is -2.51. The van der Waals surface area contributed by atoms with Gasteiger partial charge in [0.25, 0.3) is 0 Å². The quantitative estimate of drug-likeness (QED) is 0.876. The van der Waals surface area contributed by atoms with Crippen molar-refractivity contribution in [2.45, 2.75) is 13.1 Å². The molecule has 0 fully saturated rings. The number of hydrogen-bond donors (Lipinski definition) is 1. The molecular weight excluding hydrogens is 277 g/mol. The molecule has 0 radical (unpaired) electrons. The second-order valence-corrected chi connectivity index (χ2v) is 3.94. The third kappa shape index (κ3) is 2.90. The van der Waals surface area contributed by atoms with Gasteiger partial charge >= 0.3 is 18.0 Å². The Kier molecular flexibility index (Phi) is 3.39. The van der Waals surface area contributed by atoms with E-state index >= 15 is 0 Å². The highest BCUT2D eigenvalue weighted by atomic mass is 19.4. The van der Waals surface area contributed by atoms with Crippen molar-refractivity contribution < 1.29 is 27.5 Å². The van der Waals surface area contributed by atoms with E-state index in [1.54, 1.807) is 0 Å². The molecule has 1 heterocycles. The van der Waals surface area contributed by atoms with Crippen LogP contribution in [0.2, 0.25) is 0 Å². The molecule has 0 aliphatic heterocycles. The molecule has 0 saturated carbocycles. The highest BCUT2D eigenvalue weighted by Crippen LogP contribution is 2.30. The first kappa shape index (κ1) is 13.9. The third-order valence-electron chi connectivity index (χ3n) is 2.41. The zero-order valence-corrected chi connectivity index (χ0v) is 10.2. The van der Waals surface area contributed by atoms with Gasteiger partial charge in [0.15, 0.2) is 0 Å². The summed E-state index contributed by atoms with van der Waals surface area (Å²) in [5.41, 5.74) is -1.05. The van der Waals surface area contributed by atoms with Crippen molar-refractivity contribution in [2.75, 3.05) is 0 Å². The minimum absolute atomic E-state index is 0.108. The Labute approximate surface area is 110 Å². The van der Waals surface area contributed by atoms with E-state index in [0.29, 0.717) is 5.76 Å². The standard InChI is InChI=1S/C12H9F3N2O3/c1-7-6-17(10(20-7)16-11(18)19)9-4-2-3-8(5-9)12(13,14)15/h2-6H,1H3,(H,18,19). The first-order chi connectivity index (χ1) is 9.27. The largest absolute Gasteiger partial charge is 0.463 e. The average Bonchev–Trinajstić information content (AvgIpc) is 2.68. The zero-order valence-electron chi connectivity index (χ0n) is 10.2. The van der Waals surface area contributed by atoms with Crippen LogP contribution in [-0.2, 0) is 6.18 Å². The van der Waals surface area contributed by atoms with Crippen LogP contribution in [0.15, 0.2) is 39.9 Å². The summed E-state index contributed by atoms with van der Waals surface area (Å²) in [5.74, 6) is 0.322. The molecule has 0 atom stereocenters. The fourth-order valence-electron chi connectivity index (χ4n) is 1.63. The second kappa shape index (κ2) is 4.87. The third-order valence-corrected chi connectivity index (χ3v) is 2.41. The van der Waals surface area contributed by atoms with Crippen LogP contribution in [0, 0.1) is 6.92 Å². The number of aryl methyl sites for hydroxylation is 1. The summed E-state index contributed by atoms with van der Waals surface area (Å²) in [5, 5.41) is 8.61. The number of halogens is 3. The van der Waals surface area contributed by atoms with E-state index in [4.69, 9.17) is 9.52 Å². The van der Waals surface area contributed by atoms with Crippen LogP contribution in [0.25, 0.3) is 5.69 Å². The minimum atomic E-state index is -4.49. The molecule has 8 heteroatoms. The summed E-state index contributed by atoms with van der Waals surface area (Å²) >= 11 is 0. The maximum atomic E-state index is 12.6. The van der Waals surface area contributed by atoms with Gasteiger partial charge in [0.05, 0.1) is 17.4 Å². The van der Waals surface area contributed by atoms with Gasteiger partial charge in [0, 0.05) is 0 Å². The number of alkyl halides is 3. The van der Waals surface area contributed by atoms with E-state index in [1.165, 1.54) is 25.3 Å². The number of aromatic nitrogens is 1. The maximum absolute atomic E-state index is 12.6. The van der Waals surface area contributed by atoms with Crippen molar-refractivity contribution in [3.8, 4) is 5.69 Å². The van der Waals surface area contributed by atoms with Gasteiger partial charge in [-0.15, -0.1) is 4.99 Å². The topological polar surface area (TPSA) is 67.7 Å². The van der Waals surface area contributed by atoms with Crippen LogP contribution in [0.3, 0.4) is 0 Å². The van der Waals surface area contributed by atoms with Crippen LogP contribution in [-0.4, -0.2) is 15.8 Å². The summed E-state index contributed by atoms with van der Waals surface area (Å²) < 4.78 is 44.1. The lowest BCUT2D eigenvalue weighted by Crippen LogP contribution is -2.16. The molecular formula is C12H9F3N2O3. The fraction of sp³-hybridized carbons (Fsp3) is 0.167. The van der Waals surface area contributed by atoms with Crippen molar-refractivity contribution in [1.82, 2.24) is 4.57 Å². The number of oxazole rings is 1. The van der Waals surface area contributed by atoms with Crippen LogP contribution in [0.5, 0.6) is 0 Å². The predicted octanol–water partition coefficient (Wildman–Crippen LogP) is 2.98. The highest BCUT2D eigenvalue weighted by Gasteiger charge is 2.30. The number of benzene rings is 1. The van der Waals surface area contributed by atoms with Gasteiger partial charge in [0.2, 0.25) is 0 Å². The van der Waals surface area contributed by atoms with Crippen LogP contribution < -0.4 is 5.68 Å². The zero-order chi connectivity index (χ0) is 14.9. The highest BCUT2D eigenvalue weighted by molar-refractivity contribution is 5.65. The van der Waals surface area contributed by atoms with Gasteiger partial charge in [-0.25, -0.2) is 4.79 Å². The number of nitrogens with zero attached hydrogens (tertiary/aromatic N) is 2. The molecule has 20 heavy (non-hydrogen) atoms. The van der Waals surface area contributed by atoms with Crippen LogP contribution in [0.4, 0.5) is 18.0 Å². The summed E-state index contributed by atoms with van der Waals surface area (Å²) in [6.07, 6.45) is -4.63. The molecule has 0 saturated heterocycles. The van der Waals surface area contributed by atoms with E-state index in [9.17, 15) is 18.0 Å². The van der Waals surface area contributed by atoms with Crippen molar-refractivity contribution in [1.29, 1.82) is 0 Å². The van der Waals surface area contributed by atoms with Gasteiger partial charge in [-0.1, -0.05) is 6.07 Å². The molecule has 0 spiro atoms. The molecule has 1 aromatic carbocycles. The van der Waals surface area contributed by atoms with Crippen LogP contribution >= 0.6 is 0 Å². The first-order valence-corrected chi connectivity index (χ1v) is 5.42. The SMILES string of the molecule is Cc1cn(-c2cccc(C(F)(F)F)c2)c(=NC(=O)O)o1. The van der Waals surface area contributed by atoms with Gasteiger partial charge in [-0.3, -0.25) is 4.57 Å². The molecule has 2 rings (SSSR count). The van der Waals surface area contributed by atoms with Gasteiger partial charge < -0.3 is 9.52 Å². The van der Waals surface area contributed by atoms with Gasteiger partial charge in [0.1, 0.15) is 5.76 Å². The summed E-state index contributed by atoms with van der Waals surface area (Å²) in [4.78, 5) is 13.7. The Morgan fingerprint density at radius 3 is 2.70 bits per heavy atom. The lowest BCUT2D eigenvalue weighted by molar-refractivity contribution is -0.137. The lowest BCUT2D eigenvalue weighted by atomic mass is 10.2. The number of rotatable bonds is 1. The molecule has 0 bridgehead atoms. The molecule has 0 aliphatic carbocycles. The van der Waals surface area contributed by atoms with Crippen molar-refractivity contribution in [3.05, 3.63) is 47.5 Å². The normalized spacial score (nSPS) is 12.7. The molecule has 2 aromatic rings. The summed E-state index contributed by atoms with van der Waals surface area (Å²) in [7, 11) is 0. The van der Waals surface area contributed by atoms with E-state index in [1.807, 2.05) is 0 Å². The molecule has 0 unspecified atom stereocenters. The Balaban J connectivity index is 2.61. The minimum Gasteiger partial charge on any atom is -0.463 e. The number of hydrogen-bond acceptors (Lipinski definition) is 2. The Bertz CT molecular complexity index is 713.